The highest BCUT2D eigenvalue weighted by molar-refractivity contribution is 5.77. The lowest BCUT2D eigenvalue weighted by molar-refractivity contribution is 0.0134. The molecule has 0 amide bonds. The summed E-state index contributed by atoms with van der Waals surface area (Å²) in [5.74, 6) is 2.52. The highest BCUT2D eigenvalue weighted by Crippen LogP contribution is 2.44. The molecule has 3 aliphatic heterocycles. The number of aromatic nitrogens is 5. The Kier molecular flexibility index (Phi) is 4.15. The van der Waals surface area contributed by atoms with Crippen molar-refractivity contribution >= 4 is 17.1 Å². The van der Waals surface area contributed by atoms with E-state index < -0.39 is 5.54 Å². The second kappa shape index (κ2) is 7.23. The maximum absolute atomic E-state index is 6.07. The minimum absolute atomic E-state index is 0.456. The molecule has 7 rings (SSSR count). The summed E-state index contributed by atoms with van der Waals surface area (Å²) in [6.45, 7) is 5.22. The molecule has 3 aromatic heterocycles. The van der Waals surface area contributed by atoms with Crippen molar-refractivity contribution in [1.82, 2.24) is 29.8 Å². The largest absolute Gasteiger partial charge is 0.490 e. The van der Waals surface area contributed by atoms with E-state index in [0.29, 0.717) is 19.8 Å². The van der Waals surface area contributed by atoms with Gasteiger partial charge in [0.25, 0.3) is 0 Å². The molecule has 166 valence electrons. The van der Waals surface area contributed by atoms with Crippen molar-refractivity contribution in [3.63, 3.8) is 0 Å². The Morgan fingerprint density at radius 1 is 0.939 bits per heavy atom. The SMILES string of the molecule is c1ccc2c(c1)OCC21COCc2nc3ccc(-c4cnc(N5CCNCC5)nc4)nc3n21. The normalized spacial score (nSPS) is 21.8. The van der Waals surface area contributed by atoms with E-state index in [1.165, 1.54) is 0 Å². The predicted molar refractivity (Wildman–Crippen MR) is 122 cm³/mol. The lowest BCUT2D eigenvalue weighted by Crippen LogP contribution is -2.45. The summed E-state index contributed by atoms with van der Waals surface area (Å²) in [4.78, 5) is 21.3. The number of para-hydroxylation sites is 1. The van der Waals surface area contributed by atoms with Gasteiger partial charge in [-0.25, -0.2) is 19.9 Å². The van der Waals surface area contributed by atoms with Crippen LogP contribution in [0.1, 0.15) is 11.4 Å². The molecule has 0 bridgehead atoms. The molecule has 1 spiro atoms. The maximum Gasteiger partial charge on any atom is 0.225 e. The first-order chi connectivity index (χ1) is 16.3. The van der Waals surface area contributed by atoms with Crippen LogP contribution >= 0.6 is 0 Å². The monoisotopic (exact) mass is 441 g/mol. The van der Waals surface area contributed by atoms with Crippen molar-refractivity contribution < 1.29 is 9.47 Å². The van der Waals surface area contributed by atoms with E-state index in [0.717, 1.165) is 71.7 Å². The zero-order valence-corrected chi connectivity index (χ0v) is 18.1. The highest BCUT2D eigenvalue weighted by Gasteiger charge is 2.47. The van der Waals surface area contributed by atoms with Gasteiger partial charge < -0.3 is 19.7 Å². The minimum atomic E-state index is -0.465. The molecule has 3 aliphatic rings. The smallest absolute Gasteiger partial charge is 0.225 e. The lowest BCUT2D eigenvalue weighted by Gasteiger charge is -2.34. The molecule has 9 nitrogen and oxygen atoms in total. The molecule has 0 aliphatic carbocycles. The van der Waals surface area contributed by atoms with E-state index in [1.807, 2.05) is 42.7 Å². The van der Waals surface area contributed by atoms with Gasteiger partial charge in [-0.05, 0) is 18.2 Å². The van der Waals surface area contributed by atoms with Gasteiger partial charge >= 0.3 is 0 Å². The second-order valence-corrected chi connectivity index (χ2v) is 8.72. The van der Waals surface area contributed by atoms with Crippen LogP contribution in [-0.4, -0.2) is 63.9 Å². The van der Waals surface area contributed by atoms with Crippen LogP contribution in [0, 0.1) is 0 Å². The third kappa shape index (κ3) is 2.86. The van der Waals surface area contributed by atoms with Crippen LogP contribution in [-0.2, 0) is 16.9 Å². The summed E-state index contributed by atoms with van der Waals surface area (Å²) in [5.41, 5.74) is 4.04. The van der Waals surface area contributed by atoms with Crippen LogP contribution in [0.25, 0.3) is 22.4 Å². The highest BCUT2D eigenvalue weighted by atomic mass is 16.5. The molecule has 1 saturated heterocycles. The Hall–Kier alpha value is -3.56. The number of nitrogens with one attached hydrogen (secondary N) is 1. The molecule has 0 saturated carbocycles. The van der Waals surface area contributed by atoms with Crippen molar-refractivity contribution in [2.45, 2.75) is 12.1 Å². The number of piperazine rings is 1. The van der Waals surface area contributed by atoms with E-state index in [9.17, 15) is 0 Å². The maximum atomic E-state index is 6.07. The van der Waals surface area contributed by atoms with Crippen LogP contribution in [0.4, 0.5) is 5.95 Å². The topological polar surface area (TPSA) is 90.2 Å². The molecule has 9 heteroatoms. The van der Waals surface area contributed by atoms with Crippen molar-refractivity contribution in [2.75, 3.05) is 44.3 Å². The molecule has 4 aromatic rings. The number of pyridine rings is 1. The zero-order chi connectivity index (χ0) is 21.8. The molecule has 1 fully saturated rings. The number of ether oxygens (including phenoxy) is 2. The number of rotatable bonds is 2. The number of fused-ring (bicyclic) bond motifs is 6. The lowest BCUT2D eigenvalue weighted by atomic mass is 9.91. The van der Waals surface area contributed by atoms with Crippen molar-refractivity contribution in [1.29, 1.82) is 0 Å². The Bertz CT molecular complexity index is 1350. The van der Waals surface area contributed by atoms with Gasteiger partial charge in [0.1, 0.15) is 35.8 Å². The Balaban J connectivity index is 1.32. The minimum Gasteiger partial charge on any atom is -0.490 e. The molecule has 1 N–H and O–H groups in total. The van der Waals surface area contributed by atoms with Gasteiger partial charge in [0, 0.05) is 49.7 Å². The molecule has 1 atom stereocenters. The van der Waals surface area contributed by atoms with Gasteiger partial charge in [0.15, 0.2) is 5.65 Å². The number of hydrogen-bond donors (Lipinski definition) is 1. The van der Waals surface area contributed by atoms with Gasteiger partial charge in [-0.15, -0.1) is 0 Å². The number of anilines is 1. The average molecular weight is 441 g/mol. The summed E-state index contributed by atoms with van der Waals surface area (Å²) < 4.78 is 14.3. The summed E-state index contributed by atoms with van der Waals surface area (Å²) in [6.07, 6.45) is 3.72. The molecule has 1 aromatic carbocycles. The standard InChI is InChI=1S/C24H23N7O2/c1-2-4-20-17(3-1)24(15-33-20)14-32-13-21-28-19-6-5-18(29-22(19)31(21)24)16-11-26-23(27-12-16)30-9-7-25-8-10-30/h1-6,11-12,25H,7-10,13-15H2. The van der Waals surface area contributed by atoms with Crippen LogP contribution < -0.4 is 15.0 Å². The van der Waals surface area contributed by atoms with Crippen molar-refractivity contribution in [3.05, 3.63) is 60.2 Å². The fourth-order valence-electron chi connectivity index (χ4n) is 5.13. The number of imidazole rings is 1. The van der Waals surface area contributed by atoms with Crippen LogP contribution in [0.15, 0.2) is 48.8 Å². The predicted octanol–water partition coefficient (Wildman–Crippen LogP) is 1.96. The first-order valence-corrected chi connectivity index (χ1v) is 11.3. The van der Waals surface area contributed by atoms with Gasteiger partial charge in [0.05, 0.1) is 12.3 Å². The van der Waals surface area contributed by atoms with Gasteiger partial charge in [-0.2, -0.15) is 0 Å². The molecular formula is C24H23N7O2. The Morgan fingerprint density at radius 3 is 2.67 bits per heavy atom. The molecule has 1 unspecified atom stereocenters. The van der Waals surface area contributed by atoms with Gasteiger partial charge in [-0.1, -0.05) is 18.2 Å². The van der Waals surface area contributed by atoms with Gasteiger partial charge in [-0.3, -0.25) is 4.57 Å². The third-order valence-electron chi connectivity index (χ3n) is 6.76. The van der Waals surface area contributed by atoms with E-state index in [2.05, 4.69) is 30.8 Å². The molecule has 6 heterocycles. The third-order valence-corrected chi connectivity index (χ3v) is 6.76. The van der Waals surface area contributed by atoms with E-state index in [1.54, 1.807) is 0 Å². The fraction of sp³-hybridized carbons (Fsp3) is 0.333. The average Bonchev–Trinajstić information content (AvgIpc) is 3.44. The first-order valence-electron chi connectivity index (χ1n) is 11.3. The van der Waals surface area contributed by atoms with Gasteiger partial charge in [0.2, 0.25) is 5.95 Å². The van der Waals surface area contributed by atoms with E-state index in [4.69, 9.17) is 19.4 Å². The quantitative estimate of drug-likeness (QED) is 0.505. The van der Waals surface area contributed by atoms with E-state index >= 15 is 0 Å². The molecular weight excluding hydrogens is 418 g/mol. The second-order valence-electron chi connectivity index (χ2n) is 8.72. The number of nitrogens with zero attached hydrogens (tertiary/aromatic N) is 6. The molecule has 33 heavy (non-hydrogen) atoms. The summed E-state index contributed by atoms with van der Waals surface area (Å²) in [5, 5.41) is 3.35. The zero-order valence-electron chi connectivity index (χ0n) is 18.1. The van der Waals surface area contributed by atoms with Crippen molar-refractivity contribution in [3.8, 4) is 17.0 Å². The van der Waals surface area contributed by atoms with Crippen molar-refractivity contribution in [2.24, 2.45) is 0 Å². The first kappa shape index (κ1) is 19.0. The summed E-state index contributed by atoms with van der Waals surface area (Å²) in [6, 6.07) is 12.2. The van der Waals surface area contributed by atoms with Crippen LogP contribution in [0.3, 0.4) is 0 Å². The number of hydrogen-bond acceptors (Lipinski definition) is 8. The van der Waals surface area contributed by atoms with Crippen LogP contribution in [0.2, 0.25) is 0 Å². The Labute approximate surface area is 190 Å². The van der Waals surface area contributed by atoms with E-state index in [-0.39, 0.29) is 0 Å². The number of benzene rings is 1. The molecule has 0 radical (unpaired) electrons. The van der Waals surface area contributed by atoms with Crippen LogP contribution in [0.5, 0.6) is 5.75 Å². The summed E-state index contributed by atoms with van der Waals surface area (Å²) >= 11 is 0. The summed E-state index contributed by atoms with van der Waals surface area (Å²) in [7, 11) is 0. The fourth-order valence-corrected chi connectivity index (χ4v) is 5.13. The Morgan fingerprint density at radius 2 is 1.79 bits per heavy atom.